The number of fused-ring (bicyclic) bond motifs is 1. The summed E-state index contributed by atoms with van der Waals surface area (Å²) >= 11 is 0. The van der Waals surface area contributed by atoms with E-state index in [1.54, 1.807) is 18.2 Å². The molecule has 4 rings (SSSR count). The van der Waals surface area contributed by atoms with Crippen molar-refractivity contribution in [3.05, 3.63) is 64.5 Å². The minimum Gasteiger partial charge on any atom is -0.490 e. The van der Waals surface area contributed by atoms with Gasteiger partial charge in [0.1, 0.15) is 5.56 Å². The molecule has 1 aliphatic heterocycles. The molecule has 168 valence electrons. The molecular weight excluding hydrogens is 436 g/mol. The van der Waals surface area contributed by atoms with Crippen molar-refractivity contribution in [2.75, 3.05) is 38.2 Å². The Balaban J connectivity index is 1.54. The Kier molecular flexibility index (Phi) is 6.26. The maximum atomic E-state index is 12.7. The first-order valence-corrected chi connectivity index (χ1v) is 11.5. The van der Waals surface area contributed by atoms with Crippen molar-refractivity contribution in [2.24, 2.45) is 0 Å². The summed E-state index contributed by atoms with van der Waals surface area (Å²) in [4.78, 5) is 25.2. The molecule has 1 aliphatic rings. The van der Waals surface area contributed by atoms with Crippen LogP contribution < -0.4 is 15.7 Å². The van der Waals surface area contributed by atoms with Gasteiger partial charge in [0, 0.05) is 24.2 Å². The topological polar surface area (TPSA) is 115 Å². The quantitative estimate of drug-likeness (QED) is 0.564. The van der Waals surface area contributed by atoms with Crippen molar-refractivity contribution in [3.63, 3.8) is 0 Å². The van der Waals surface area contributed by atoms with Crippen LogP contribution in [0.3, 0.4) is 0 Å². The molecule has 2 aromatic carbocycles. The molecule has 2 heterocycles. The van der Waals surface area contributed by atoms with Crippen LogP contribution in [0.2, 0.25) is 0 Å². The zero-order valence-corrected chi connectivity index (χ0v) is 18.2. The second kappa shape index (κ2) is 9.11. The monoisotopic (exact) mass is 458 g/mol. The van der Waals surface area contributed by atoms with Gasteiger partial charge in [-0.15, -0.1) is 0 Å². The van der Waals surface area contributed by atoms with Crippen molar-refractivity contribution < 1.29 is 27.1 Å². The SMILES string of the molecule is CCOc1cccc2cc(C(=O)Nc3ccc(S(=O)(=O)N4CCOCC4)cc3)c(=O)oc12. The predicted octanol–water partition coefficient (Wildman–Crippen LogP) is 2.46. The molecule has 0 unspecified atom stereocenters. The number of anilines is 1. The Morgan fingerprint density at radius 2 is 1.84 bits per heavy atom. The van der Waals surface area contributed by atoms with Gasteiger partial charge in [-0.3, -0.25) is 4.79 Å². The summed E-state index contributed by atoms with van der Waals surface area (Å²) in [7, 11) is -3.64. The number of rotatable bonds is 6. The Hall–Kier alpha value is -3.21. The summed E-state index contributed by atoms with van der Waals surface area (Å²) in [6, 6.07) is 12.3. The van der Waals surface area contributed by atoms with Crippen molar-refractivity contribution in [2.45, 2.75) is 11.8 Å². The molecule has 1 N–H and O–H groups in total. The third-order valence-corrected chi connectivity index (χ3v) is 6.90. The van der Waals surface area contributed by atoms with Crippen LogP contribution >= 0.6 is 0 Å². The van der Waals surface area contributed by atoms with Gasteiger partial charge in [-0.05, 0) is 43.3 Å². The van der Waals surface area contributed by atoms with Crippen LogP contribution in [0.4, 0.5) is 5.69 Å². The maximum Gasteiger partial charge on any atom is 0.349 e. The van der Waals surface area contributed by atoms with Gasteiger partial charge >= 0.3 is 5.63 Å². The Bertz CT molecular complexity index is 1290. The Labute approximate surface area is 184 Å². The number of ether oxygens (including phenoxy) is 2. The summed E-state index contributed by atoms with van der Waals surface area (Å²) in [5, 5.41) is 3.15. The van der Waals surface area contributed by atoms with Crippen molar-refractivity contribution in [1.29, 1.82) is 0 Å². The van der Waals surface area contributed by atoms with Gasteiger partial charge in [0.15, 0.2) is 11.3 Å². The van der Waals surface area contributed by atoms with E-state index in [0.29, 0.717) is 49.7 Å². The molecule has 9 nitrogen and oxygen atoms in total. The standard InChI is InChI=1S/C22H22N2O7S/c1-2-30-19-5-3-4-15-14-18(22(26)31-20(15)19)21(25)23-16-6-8-17(9-7-16)32(27,28)24-10-12-29-13-11-24/h3-9,14H,2,10-13H2,1H3,(H,23,25). The highest BCUT2D eigenvalue weighted by molar-refractivity contribution is 7.89. The number of carbonyl (C=O) groups is 1. The highest BCUT2D eigenvalue weighted by atomic mass is 32.2. The lowest BCUT2D eigenvalue weighted by atomic mass is 10.1. The largest absolute Gasteiger partial charge is 0.490 e. The highest BCUT2D eigenvalue weighted by Crippen LogP contribution is 2.25. The van der Waals surface area contributed by atoms with Crippen LogP contribution in [0.1, 0.15) is 17.3 Å². The summed E-state index contributed by atoms with van der Waals surface area (Å²) in [5.74, 6) is -0.239. The molecule has 1 aromatic heterocycles. The molecule has 0 saturated carbocycles. The van der Waals surface area contributed by atoms with E-state index >= 15 is 0 Å². The zero-order valence-electron chi connectivity index (χ0n) is 17.4. The lowest BCUT2D eigenvalue weighted by Crippen LogP contribution is -2.40. The minimum absolute atomic E-state index is 0.117. The first-order valence-electron chi connectivity index (χ1n) is 10.1. The van der Waals surface area contributed by atoms with Gasteiger partial charge in [0.2, 0.25) is 10.0 Å². The second-order valence-electron chi connectivity index (χ2n) is 7.05. The number of hydrogen-bond donors (Lipinski definition) is 1. The van der Waals surface area contributed by atoms with Crippen LogP contribution in [0, 0.1) is 0 Å². The van der Waals surface area contributed by atoms with Crippen molar-refractivity contribution >= 4 is 32.6 Å². The number of nitrogens with one attached hydrogen (secondary N) is 1. The molecule has 3 aromatic rings. The number of nitrogens with zero attached hydrogens (tertiary/aromatic N) is 1. The van der Waals surface area contributed by atoms with E-state index in [4.69, 9.17) is 13.9 Å². The van der Waals surface area contributed by atoms with Crippen LogP contribution in [0.5, 0.6) is 5.75 Å². The number of carbonyl (C=O) groups excluding carboxylic acids is 1. The number of para-hydroxylation sites is 1. The van der Waals surface area contributed by atoms with E-state index in [1.807, 2.05) is 6.92 Å². The van der Waals surface area contributed by atoms with E-state index in [2.05, 4.69) is 5.32 Å². The average Bonchev–Trinajstić information content (AvgIpc) is 2.80. The maximum absolute atomic E-state index is 12.7. The van der Waals surface area contributed by atoms with Crippen LogP contribution in [0.15, 0.2) is 62.6 Å². The molecular formula is C22H22N2O7S. The van der Waals surface area contributed by atoms with E-state index in [0.717, 1.165) is 0 Å². The smallest absolute Gasteiger partial charge is 0.349 e. The molecule has 0 radical (unpaired) electrons. The molecule has 0 atom stereocenters. The summed E-state index contributed by atoms with van der Waals surface area (Å²) in [6.45, 7) is 3.52. The molecule has 10 heteroatoms. The minimum atomic E-state index is -3.64. The first kappa shape index (κ1) is 22.0. The number of amides is 1. The number of morpholine rings is 1. The van der Waals surface area contributed by atoms with Gasteiger partial charge in [-0.2, -0.15) is 4.31 Å². The molecule has 0 aliphatic carbocycles. The Morgan fingerprint density at radius 3 is 2.53 bits per heavy atom. The fourth-order valence-corrected chi connectivity index (χ4v) is 4.80. The van der Waals surface area contributed by atoms with E-state index < -0.39 is 21.6 Å². The van der Waals surface area contributed by atoms with Gasteiger partial charge < -0.3 is 19.2 Å². The predicted molar refractivity (Wildman–Crippen MR) is 118 cm³/mol. The molecule has 32 heavy (non-hydrogen) atoms. The fourth-order valence-electron chi connectivity index (χ4n) is 3.39. The van der Waals surface area contributed by atoms with Gasteiger partial charge in [0.25, 0.3) is 5.91 Å². The molecule has 1 fully saturated rings. The highest BCUT2D eigenvalue weighted by Gasteiger charge is 2.26. The van der Waals surface area contributed by atoms with Crippen LogP contribution in [0.25, 0.3) is 11.0 Å². The van der Waals surface area contributed by atoms with Crippen LogP contribution in [-0.4, -0.2) is 51.5 Å². The van der Waals surface area contributed by atoms with Crippen molar-refractivity contribution in [1.82, 2.24) is 4.31 Å². The van der Waals surface area contributed by atoms with E-state index in [1.165, 1.54) is 34.6 Å². The number of benzene rings is 2. The summed E-state index contributed by atoms with van der Waals surface area (Å²) in [5.41, 5.74) is -0.350. The number of hydrogen-bond acceptors (Lipinski definition) is 7. The van der Waals surface area contributed by atoms with Crippen molar-refractivity contribution in [3.8, 4) is 5.75 Å². The van der Waals surface area contributed by atoms with Gasteiger partial charge in [0.05, 0.1) is 24.7 Å². The lowest BCUT2D eigenvalue weighted by molar-refractivity contribution is 0.0730. The number of sulfonamides is 1. The first-order chi connectivity index (χ1) is 15.4. The molecule has 0 spiro atoms. The summed E-state index contributed by atoms with van der Waals surface area (Å²) in [6.07, 6.45) is 0. The normalized spacial score (nSPS) is 14.9. The summed E-state index contributed by atoms with van der Waals surface area (Å²) < 4.78 is 42.8. The average molecular weight is 458 g/mol. The molecule has 1 amide bonds. The van der Waals surface area contributed by atoms with Crippen LogP contribution in [-0.2, 0) is 14.8 Å². The zero-order chi connectivity index (χ0) is 22.7. The second-order valence-corrected chi connectivity index (χ2v) is 8.99. The third kappa shape index (κ3) is 4.38. The van der Waals surface area contributed by atoms with Gasteiger partial charge in [-0.1, -0.05) is 12.1 Å². The Morgan fingerprint density at radius 1 is 1.12 bits per heavy atom. The van der Waals surface area contributed by atoms with E-state index in [-0.39, 0.29) is 16.0 Å². The lowest BCUT2D eigenvalue weighted by Gasteiger charge is -2.26. The molecule has 0 bridgehead atoms. The van der Waals surface area contributed by atoms with E-state index in [9.17, 15) is 18.0 Å². The molecule has 1 saturated heterocycles. The van der Waals surface area contributed by atoms with Gasteiger partial charge in [-0.25, -0.2) is 13.2 Å². The third-order valence-electron chi connectivity index (χ3n) is 4.99. The fraction of sp³-hybridized carbons (Fsp3) is 0.273.